The third kappa shape index (κ3) is 3.31. The van der Waals surface area contributed by atoms with Crippen molar-refractivity contribution in [3.05, 3.63) is 42.5 Å². The molecule has 3 N–H and O–H groups in total. The molecule has 0 atom stereocenters. The van der Waals surface area contributed by atoms with Crippen LogP contribution in [0.5, 0.6) is 5.75 Å². The summed E-state index contributed by atoms with van der Waals surface area (Å²) in [6.45, 7) is 0. The standard InChI is InChI=1S/C15H19N3O/c1-18(2)14-6-4-5-12(9-14)17-13-7-11(16)8-15(10-13)19-3/h4-10,17H,16H2,1-3H3. The molecule has 0 aliphatic rings. The highest BCUT2D eigenvalue weighted by Crippen LogP contribution is 2.26. The van der Waals surface area contributed by atoms with E-state index >= 15 is 0 Å². The van der Waals surface area contributed by atoms with Crippen LogP contribution in [0.3, 0.4) is 0 Å². The number of nitrogens with two attached hydrogens (primary N) is 1. The second kappa shape index (κ2) is 5.52. The quantitative estimate of drug-likeness (QED) is 0.826. The lowest BCUT2D eigenvalue weighted by Gasteiger charge is -2.15. The van der Waals surface area contributed by atoms with E-state index in [2.05, 4.69) is 22.3 Å². The van der Waals surface area contributed by atoms with Crippen molar-refractivity contribution >= 4 is 22.7 Å². The second-order valence-corrected chi connectivity index (χ2v) is 4.56. The normalized spacial score (nSPS) is 10.1. The van der Waals surface area contributed by atoms with Gasteiger partial charge in [-0.3, -0.25) is 0 Å². The van der Waals surface area contributed by atoms with Gasteiger partial charge < -0.3 is 20.7 Å². The number of nitrogen functional groups attached to an aromatic ring is 1. The highest BCUT2D eigenvalue weighted by atomic mass is 16.5. The lowest BCUT2D eigenvalue weighted by Crippen LogP contribution is -2.08. The molecule has 0 heterocycles. The molecule has 0 aromatic heterocycles. The summed E-state index contributed by atoms with van der Waals surface area (Å²) in [5.74, 6) is 0.742. The minimum absolute atomic E-state index is 0.672. The van der Waals surface area contributed by atoms with Gasteiger partial charge in [-0.05, 0) is 24.3 Å². The van der Waals surface area contributed by atoms with Crippen LogP contribution in [0, 0.1) is 0 Å². The van der Waals surface area contributed by atoms with Crippen LogP contribution in [0.2, 0.25) is 0 Å². The Kier molecular flexibility index (Phi) is 3.80. The van der Waals surface area contributed by atoms with E-state index in [1.54, 1.807) is 13.2 Å². The average molecular weight is 257 g/mol. The van der Waals surface area contributed by atoms with Crippen LogP contribution in [-0.2, 0) is 0 Å². The van der Waals surface area contributed by atoms with Gasteiger partial charge in [-0.25, -0.2) is 0 Å². The first kappa shape index (κ1) is 13.1. The Morgan fingerprint density at radius 3 is 2.53 bits per heavy atom. The van der Waals surface area contributed by atoms with E-state index in [9.17, 15) is 0 Å². The Balaban J connectivity index is 2.25. The Hall–Kier alpha value is -2.36. The molecule has 0 saturated carbocycles. The highest BCUT2D eigenvalue weighted by molar-refractivity contribution is 5.68. The van der Waals surface area contributed by atoms with Crippen molar-refractivity contribution in [3.8, 4) is 5.75 Å². The molecule has 2 aromatic carbocycles. The van der Waals surface area contributed by atoms with Crippen LogP contribution < -0.4 is 20.7 Å². The van der Waals surface area contributed by atoms with E-state index in [-0.39, 0.29) is 0 Å². The van der Waals surface area contributed by atoms with E-state index in [1.165, 1.54) is 0 Å². The van der Waals surface area contributed by atoms with Gasteiger partial charge in [0, 0.05) is 49.0 Å². The van der Waals surface area contributed by atoms with E-state index in [4.69, 9.17) is 10.5 Å². The van der Waals surface area contributed by atoms with Gasteiger partial charge in [0.15, 0.2) is 0 Å². The fourth-order valence-corrected chi connectivity index (χ4v) is 1.84. The summed E-state index contributed by atoms with van der Waals surface area (Å²) in [5.41, 5.74) is 9.57. The molecule has 2 rings (SSSR count). The maximum Gasteiger partial charge on any atom is 0.122 e. The monoisotopic (exact) mass is 257 g/mol. The SMILES string of the molecule is COc1cc(N)cc(Nc2cccc(N(C)C)c2)c1. The summed E-state index contributed by atoms with van der Waals surface area (Å²) in [4.78, 5) is 2.06. The molecule has 0 bridgehead atoms. The molecule has 0 spiro atoms. The molecule has 0 fully saturated rings. The minimum atomic E-state index is 0.672. The molecular weight excluding hydrogens is 238 g/mol. The van der Waals surface area contributed by atoms with Gasteiger partial charge in [-0.2, -0.15) is 0 Å². The molecule has 4 nitrogen and oxygen atoms in total. The van der Waals surface area contributed by atoms with Crippen molar-refractivity contribution in [2.24, 2.45) is 0 Å². The molecule has 19 heavy (non-hydrogen) atoms. The predicted molar refractivity (Wildman–Crippen MR) is 81.5 cm³/mol. The molecule has 2 aromatic rings. The number of benzene rings is 2. The van der Waals surface area contributed by atoms with Gasteiger partial charge in [-0.1, -0.05) is 6.07 Å². The Bertz CT molecular complexity index is 567. The van der Waals surface area contributed by atoms with Gasteiger partial charge in [0.1, 0.15) is 5.75 Å². The fourth-order valence-electron chi connectivity index (χ4n) is 1.84. The lowest BCUT2D eigenvalue weighted by molar-refractivity contribution is 0.415. The molecule has 0 amide bonds. The topological polar surface area (TPSA) is 50.5 Å². The largest absolute Gasteiger partial charge is 0.497 e. The first-order valence-corrected chi connectivity index (χ1v) is 6.07. The maximum absolute atomic E-state index is 5.84. The molecule has 0 aliphatic carbocycles. The van der Waals surface area contributed by atoms with Crippen molar-refractivity contribution in [2.45, 2.75) is 0 Å². The summed E-state index contributed by atoms with van der Waals surface area (Å²) < 4.78 is 5.21. The lowest BCUT2D eigenvalue weighted by atomic mass is 10.2. The van der Waals surface area contributed by atoms with Gasteiger partial charge in [0.2, 0.25) is 0 Å². The zero-order valence-electron chi connectivity index (χ0n) is 11.5. The van der Waals surface area contributed by atoms with Gasteiger partial charge >= 0.3 is 0 Å². The molecule has 100 valence electrons. The number of hydrogen-bond acceptors (Lipinski definition) is 4. The first-order chi connectivity index (χ1) is 9.08. The molecular formula is C15H19N3O. The van der Waals surface area contributed by atoms with E-state index in [0.717, 1.165) is 22.8 Å². The molecule has 0 saturated heterocycles. The van der Waals surface area contributed by atoms with Crippen LogP contribution in [0.1, 0.15) is 0 Å². The van der Waals surface area contributed by atoms with Gasteiger partial charge in [0.05, 0.1) is 7.11 Å². The zero-order valence-corrected chi connectivity index (χ0v) is 11.5. The smallest absolute Gasteiger partial charge is 0.122 e. The predicted octanol–water partition coefficient (Wildman–Crippen LogP) is 3.09. The van der Waals surface area contributed by atoms with Crippen LogP contribution in [0.25, 0.3) is 0 Å². The molecule has 0 unspecified atom stereocenters. The third-order valence-electron chi connectivity index (χ3n) is 2.82. The average Bonchev–Trinajstić information content (AvgIpc) is 2.38. The summed E-state index contributed by atoms with van der Waals surface area (Å²) in [6.07, 6.45) is 0. The number of nitrogens with one attached hydrogen (secondary N) is 1. The number of nitrogens with zero attached hydrogens (tertiary/aromatic N) is 1. The number of hydrogen-bond donors (Lipinski definition) is 2. The van der Waals surface area contributed by atoms with E-state index in [1.807, 2.05) is 38.4 Å². The number of anilines is 4. The Morgan fingerprint density at radius 2 is 1.84 bits per heavy atom. The fraction of sp³-hybridized carbons (Fsp3) is 0.200. The zero-order chi connectivity index (χ0) is 13.8. The molecule has 0 aliphatic heterocycles. The summed E-state index contributed by atoms with van der Waals surface area (Å²) in [7, 11) is 5.66. The third-order valence-corrected chi connectivity index (χ3v) is 2.82. The molecule has 4 heteroatoms. The summed E-state index contributed by atoms with van der Waals surface area (Å²) in [5, 5.41) is 3.33. The second-order valence-electron chi connectivity index (χ2n) is 4.56. The van der Waals surface area contributed by atoms with Crippen molar-refractivity contribution in [1.29, 1.82) is 0 Å². The van der Waals surface area contributed by atoms with Crippen LogP contribution >= 0.6 is 0 Å². The highest BCUT2D eigenvalue weighted by Gasteiger charge is 2.01. The number of ether oxygens (including phenoxy) is 1. The van der Waals surface area contributed by atoms with Crippen LogP contribution in [0.15, 0.2) is 42.5 Å². The van der Waals surface area contributed by atoms with Crippen molar-refractivity contribution in [3.63, 3.8) is 0 Å². The minimum Gasteiger partial charge on any atom is -0.497 e. The Morgan fingerprint density at radius 1 is 1.05 bits per heavy atom. The first-order valence-electron chi connectivity index (χ1n) is 6.07. The van der Waals surface area contributed by atoms with E-state index < -0.39 is 0 Å². The van der Waals surface area contributed by atoms with Gasteiger partial charge in [-0.15, -0.1) is 0 Å². The summed E-state index contributed by atoms with van der Waals surface area (Å²) >= 11 is 0. The van der Waals surface area contributed by atoms with Crippen molar-refractivity contribution < 1.29 is 4.74 Å². The number of rotatable bonds is 4. The maximum atomic E-state index is 5.84. The van der Waals surface area contributed by atoms with Crippen LogP contribution in [-0.4, -0.2) is 21.2 Å². The van der Waals surface area contributed by atoms with Crippen molar-refractivity contribution in [2.75, 3.05) is 37.2 Å². The number of methoxy groups -OCH3 is 1. The van der Waals surface area contributed by atoms with Gasteiger partial charge in [0.25, 0.3) is 0 Å². The molecule has 0 radical (unpaired) electrons. The van der Waals surface area contributed by atoms with Crippen molar-refractivity contribution in [1.82, 2.24) is 0 Å². The van der Waals surface area contributed by atoms with E-state index in [0.29, 0.717) is 5.69 Å². The Labute approximate surface area is 113 Å². The van der Waals surface area contributed by atoms with Crippen LogP contribution in [0.4, 0.5) is 22.7 Å². The summed E-state index contributed by atoms with van der Waals surface area (Å²) in [6, 6.07) is 13.8.